The zero-order valence-corrected chi connectivity index (χ0v) is 11.5. The minimum atomic E-state index is 0.235. The van der Waals surface area contributed by atoms with Gasteiger partial charge < -0.3 is 14.4 Å². The quantitative estimate of drug-likeness (QED) is 0.796. The van der Waals surface area contributed by atoms with Crippen molar-refractivity contribution in [3.05, 3.63) is 60.0 Å². The van der Waals surface area contributed by atoms with E-state index in [2.05, 4.69) is 10.1 Å². The van der Waals surface area contributed by atoms with Gasteiger partial charge >= 0.3 is 0 Å². The number of aromatic nitrogens is 2. The van der Waals surface area contributed by atoms with Crippen LogP contribution < -0.4 is 4.74 Å². The Kier molecular flexibility index (Phi) is 3.55. The van der Waals surface area contributed by atoms with E-state index in [0.29, 0.717) is 23.9 Å². The Morgan fingerprint density at radius 2 is 1.86 bits per heavy atom. The molecule has 0 aliphatic carbocycles. The van der Waals surface area contributed by atoms with Gasteiger partial charge in [-0.05, 0) is 29.8 Å². The number of benzene rings is 2. The Balaban J connectivity index is 1.84. The van der Waals surface area contributed by atoms with Crippen LogP contribution in [0.5, 0.6) is 11.5 Å². The van der Waals surface area contributed by atoms with Gasteiger partial charge in [-0.1, -0.05) is 29.4 Å². The number of rotatable bonds is 4. The second-order valence-electron chi connectivity index (χ2n) is 4.56. The van der Waals surface area contributed by atoms with Crippen LogP contribution >= 0.6 is 0 Å². The summed E-state index contributed by atoms with van der Waals surface area (Å²) in [5.41, 5.74) is 1.78. The number of nitrogens with zero attached hydrogens (tertiary/aromatic N) is 2. The van der Waals surface area contributed by atoms with Gasteiger partial charge in [-0.3, -0.25) is 0 Å². The number of phenols is 1. The highest BCUT2D eigenvalue weighted by atomic mass is 16.5. The third kappa shape index (κ3) is 2.86. The van der Waals surface area contributed by atoms with Crippen molar-refractivity contribution in [2.75, 3.05) is 7.11 Å². The fraction of sp³-hybridized carbons (Fsp3) is 0.125. The van der Waals surface area contributed by atoms with Crippen LogP contribution in [0.4, 0.5) is 0 Å². The van der Waals surface area contributed by atoms with E-state index < -0.39 is 0 Å². The number of methoxy groups -OCH3 is 1. The SMILES string of the molecule is COc1ccccc1-c1noc(Cc2ccc(O)cc2)n1. The molecule has 3 rings (SSSR count). The first kappa shape index (κ1) is 13.2. The molecule has 0 fully saturated rings. The van der Waals surface area contributed by atoms with E-state index in [4.69, 9.17) is 9.26 Å². The fourth-order valence-electron chi connectivity index (χ4n) is 2.05. The summed E-state index contributed by atoms with van der Waals surface area (Å²) in [6, 6.07) is 14.4. The molecule has 0 saturated heterocycles. The minimum absolute atomic E-state index is 0.235. The predicted octanol–water partition coefficient (Wildman–Crippen LogP) is 3.04. The van der Waals surface area contributed by atoms with E-state index >= 15 is 0 Å². The Morgan fingerprint density at radius 3 is 2.62 bits per heavy atom. The number of para-hydroxylation sites is 1. The molecule has 0 aliphatic rings. The molecule has 1 heterocycles. The maximum absolute atomic E-state index is 9.27. The van der Waals surface area contributed by atoms with E-state index in [1.807, 2.05) is 36.4 Å². The van der Waals surface area contributed by atoms with Crippen molar-refractivity contribution in [3.8, 4) is 22.9 Å². The molecule has 0 aliphatic heterocycles. The van der Waals surface area contributed by atoms with E-state index in [-0.39, 0.29) is 5.75 Å². The summed E-state index contributed by atoms with van der Waals surface area (Å²) in [5, 5.41) is 13.3. The van der Waals surface area contributed by atoms with Gasteiger partial charge in [0.15, 0.2) is 0 Å². The Labute approximate surface area is 121 Å². The van der Waals surface area contributed by atoms with Gasteiger partial charge in [-0.25, -0.2) is 0 Å². The highest BCUT2D eigenvalue weighted by molar-refractivity contribution is 5.63. The summed E-state index contributed by atoms with van der Waals surface area (Å²) in [6.45, 7) is 0. The van der Waals surface area contributed by atoms with E-state index in [1.54, 1.807) is 19.2 Å². The van der Waals surface area contributed by atoms with Crippen molar-refractivity contribution in [1.29, 1.82) is 0 Å². The molecule has 2 aromatic carbocycles. The van der Waals surface area contributed by atoms with Gasteiger partial charge in [-0.15, -0.1) is 0 Å². The summed E-state index contributed by atoms with van der Waals surface area (Å²) in [6.07, 6.45) is 0.516. The van der Waals surface area contributed by atoms with Gasteiger partial charge in [0.05, 0.1) is 19.1 Å². The summed E-state index contributed by atoms with van der Waals surface area (Å²) in [7, 11) is 1.61. The monoisotopic (exact) mass is 282 g/mol. The average molecular weight is 282 g/mol. The number of hydrogen-bond acceptors (Lipinski definition) is 5. The third-order valence-corrected chi connectivity index (χ3v) is 3.11. The highest BCUT2D eigenvalue weighted by Crippen LogP contribution is 2.27. The fourth-order valence-corrected chi connectivity index (χ4v) is 2.05. The molecule has 0 spiro atoms. The van der Waals surface area contributed by atoms with Crippen LogP contribution in [0.1, 0.15) is 11.5 Å². The summed E-state index contributed by atoms with van der Waals surface area (Å²) >= 11 is 0. The van der Waals surface area contributed by atoms with Crippen LogP contribution in [0.15, 0.2) is 53.1 Å². The lowest BCUT2D eigenvalue weighted by atomic mass is 10.1. The Bertz CT molecular complexity index is 735. The predicted molar refractivity (Wildman–Crippen MR) is 77.2 cm³/mol. The van der Waals surface area contributed by atoms with Crippen LogP contribution in [-0.2, 0) is 6.42 Å². The standard InChI is InChI=1S/C16H14N2O3/c1-20-14-5-3-2-4-13(14)16-17-15(21-18-16)10-11-6-8-12(19)9-7-11/h2-9,19H,10H2,1H3. The molecule has 21 heavy (non-hydrogen) atoms. The van der Waals surface area contributed by atoms with Gasteiger partial charge in [0, 0.05) is 0 Å². The maximum Gasteiger partial charge on any atom is 0.231 e. The molecule has 0 atom stereocenters. The van der Waals surface area contributed by atoms with Crippen LogP contribution in [-0.4, -0.2) is 22.4 Å². The van der Waals surface area contributed by atoms with Crippen LogP contribution in [0.3, 0.4) is 0 Å². The molecular formula is C16H14N2O3. The van der Waals surface area contributed by atoms with Gasteiger partial charge in [0.2, 0.25) is 11.7 Å². The van der Waals surface area contributed by atoms with Crippen LogP contribution in [0, 0.1) is 0 Å². The molecule has 0 saturated carbocycles. The smallest absolute Gasteiger partial charge is 0.231 e. The average Bonchev–Trinajstić information content (AvgIpc) is 2.98. The van der Waals surface area contributed by atoms with Crippen molar-refractivity contribution >= 4 is 0 Å². The second kappa shape index (κ2) is 5.66. The molecule has 1 aromatic heterocycles. The summed E-state index contributed by atoms with van der Waals surface area (Å²) in [5.74, 6) is 1.95. The molecule has 106 valence electrons. The number of phenolic OH excluding ortho intramolecular Hbond substituents is 1. The second-order valence-corrected chi connectivity index (χ2v) is 4.56. The van der Waals surface area contributed by atoms with Crippen molar-refractivity contribution < 1.29 is 14.4 Å². The highest BCUT2D eigenvalue weighted by Gasteiger charge is 2.13. The van der Waals surface area contributed by atoms with Crippen LogP contribution in [0.2, 0.25) is 0 Å². The third-order valence-electron chi connectivity index (χ3n) is 3.11. The lowest BCUT2D eigenvalue weighted by Crippen LogP contribution is -1.90. The molecule has 0 radical (unpaired) electrons. The molecule has 0 bridgehead atoms. The minimum Gasteiger partial charge on any atom is -0.508 e. The first-order valence-electron chi connectivity index (χ1n) is 6.50. The largest absolute Gasteiger partial charge is 0.508 e. The summed E-state index contributed by atoms with van der Waals surface area (Å²) in [4.78, 5) is 4.39. The van der Waals surface area contributed by atoms with E-state index in [0.717, 1.165) is 11.1 Å². The number of aromatic hydroxyl groups is 1. The molecule has 0 unspecified atom stereocenters. The van der Waals surface area contributed by atoms with Gasteiger partial charge in [0.25, 0.3) is 0 Å². The first-order valence-corrected chi connectivity index (χ1v) is 6.50. The van der Waals surface area contributed by atoms with Crippen molar-refractivity contribution in [1.82, 2.24) is 10.1 Å². The number of ether oxygens (including phenoxy) is 1. The molecule has 1 N–H and O–H groups in total. The molecule has 3 aromatic rings. The lowest BCUT2D eigenvalue weighted by Gasteiger charge is -2.03. The lowest BCUT2D eigenvalue weighted by molar-refractivity contribution is 0.384. The molecule has 5 heteroatoms. The first-order chi connectivity index (χ1) is 10.3. The molecule has 0 amide bonds. The van der Waals surface area contributed by atoms with E-state index in [1.165, 1.54) is 0 Å². The molecular weight excluding hydrogens is 268 g/mol. The van der Waals surface area contributed by atoms with Crippen molar-refractivity contribution in [3.63, 3.8) is 0 Å². The van der Waals surface area contributed by atoms with E-state index in [9.17, 15) is 5.11 Å². The van der Waals surface area contributed by atoms with Gasteiger partial charge in [-0.2, -0.15) is 4.98 Å². The number of hydrogen-bond donors (Lipinski definition) is 1. The topological polar surface area (TPSA) is 68.4 Å². The summed E-state index contributed by atoms with van der Waals surface area (Å²) < 4.78 is 10.6. The maximum atomic E-state index is 9.27. The Hall–Kier alpha value is -2.82. The van der Waals surface area contributed by atoms with Gasteiger partial charge in [0.1, 0.15) is 11.5 Å². The molecule has 5 nitrogen and oxygen atoms in total. The van der Waals surface area contributed by atoms with Crippen molar-refractivity contribution in [2.45, 2.75) is 6.42 Å². The normalized spacial score (nSPS) is 10.5. The zero-order chi connectivity index (χ0) is 14.7. The van der Waals surface area contributed by atoms with Crippen molar-refractivity contribution in [2.24, 2.45) is 0 Å². The Morgan fingerprint density at radius 1 is 1.10 bits per heavy atom. The zero-order valence-electron chi connectivity index (χ0n) is 11.5. The van der Waals surface area contributed by atoms with Crippen LogP contribution in [0.25, 0.3) is 11.4 Å².